The normalized spacial score (nSPS) is 11.8. The van der Waals surface area contributed by atoms with Gasteiger partial charge in [-0.1, -0.05) is 30.0 Å². The molecule has 0 aliphatic rings. The van der Waals surface area contributed by atoms with Gasteiger partial charge in [-0.3, -0.25) is 4.79 Å². The van der Waals surface area contributed by atoms with Gasteiger partial charge in [0.1, 0.15) is 0 Å². The maximum Gasteiger partial charge on any atom is 0.208 e. The van der Waals surface area contributed by atoms with Gasteiger partial charge >= 0.3 is 0 Å². The second-order valence-corrected chi connectivity index (χ2v) is 10.2. The van der Waals surface area contributed by atoms with Gasteiger partial charge in [0.05, 0.1) is 27.4 Å². The summed E-state index contributed by atoms with van der Waals surface area (Å²) >= 11 is 2.85. The number of sulfonamides is 1. The fourth-order valence-electron chi connectivity index (χ4n) is 2.62. The van der Waals surface area contributed by atoms with E-state index in [2.05, 4.69) is 9.71 Å². The number of aryl methyl sites for hydroxylation is 1. The maximum atomic E-state index is 12.5. The van der Waals surface area contributed by atoms with E-state index >= 15 is 0 Å². The largest absolute Gasteiger partial charge is 0.292 e. The number of hydrogen-bond acceptors (Lipinski definition) is 6. The van der Waals surface area contributed by atoms with Crippen LogP contribution in [0.1, 0.15) is 20.1 Å². The third-order valence-electron chi connectivity index (χ3n) is 3.92. The standard InChI is InChI=1S/C19H20N2O3S3/c1-13-11-19(21-16-6-4-3-5-15(13)16)25-12-17(22)18-8-7-14(26-18)9-10-20-27(2,23)24/h3-8,11,20H,9-10,12H2,1-2H3. The number of Topliss-reactive ketones (excluding diaryl/α,β-unsaturated/α-hetero) is 1. The number of nitrogens with zero attached hydrogens (tertiary/aromatic N) is 1. The van der Waals surface area contributed by atoms with Crippen molar-refractivity contribution in [3.05, 3.63) is 57.8 Å². The molecule has 8 heteroatoms. The topological polar surface area (TPSA) is 76.1 Å². The fourth-order valence-corrected chi connectivity index (χ4v) is 4.99. The van der Waals surface area contributed by atoms with Crippen LogP contribution in [-0.2, 0) is 16.4 Å². The van der Waals surface area contributed by atoms with Gasteiger partial charge in [-0.25, -0.2) is 18.1 Å². The molecule has 2 heterocycles. The van der Waals surface area contributed by atoms with Gasteiger partial charge in [-0.2, -0.15) is 0 Å². The molecule has 142 valence electrons. The summed E-state index contributed by atoms with van der Waals surface area (Å²) in [5, 5.41) is 1.97. The number of rotatable bonds is 8. The van der Waals surface area contributed by atoms with Crippen molar-refractivity contribution in [1.82, 2.24) is 9.71 Å². The number of nitrogens with one attached hydrogen (secondary N) is 1. The molecule has 0 atom stereocenters. The Hall–Kier alpha value is -1.74. The van der Waals surface area contributed by atoms with Crippen LogP contribution >= 0.6 is 23.1 Å². The highest BCUT2D eigenvalue weighted by molar-refractivity contribution is 8.00. The Morgan fingerprint density at radius 3 is 2.78 bits per heavy atom. The molecular weight excluding hydrogens is 400 g/mol. The van der Waals surface area contributed by atoms with Crippen LogP contribution in [0.4, 0.5) is 0 Å². The highest BCUT2D eigenvalue weighted by Crippen LogP contribution is 2.25. The smallest absolute Gasteiger partial charge is 0.208 e. The van der Waals surface area contributed by atoms with E-state index in [0.717, 1.165) is 32.6 Å². The maximum absolute atomic E-state index is 12.5. The Kier molecular flexibility index (Phi) is 6.31. The zero-order valence-corrected chi connectivity index (χ0v) is 17.5. The molecule has 0 spiro atoms. The number of carbonyl (C=O) groups excluding carboxylic acids is 1. The molecule has 0 unspecified atom stereocenters. The number of fused-ring (bicyclic) bond motifs is 1. The molecule has 5 nitrogen and oxygen atoms in total. The lowest BCUT2D eigenvalue weighted by Crippen LogP contribution is -2.23. The van der Waals surface area contributed by atoms with Crippen LogP contribution in [0.2, 0.25) is 0 Å². The van der Waals surface area contributed by atoms with Gasteiger partial charge in [0.25, 0.3) is 0 Å². The molecule has 0 saturated carbocycles. The molecular formula is C19H20N2O3S3. The van der Waals surface area contributed by atoms with E-state index in [1.807, 2.05) is 49.4 Å². The summed E-state index contributed by atoms with van der Waals surface area (Å²) in [6.45, 7) is 2.38. The van der Waals surface area contributed by atoms with Crippen molar-refractivity contribution in [1.29, 1.82) is 0 Å². The molecule has 27 heavy (non-hydrogen) atoms. The average molecular weight is 421 g/mol. The van der Waals surface area contributed by atoms with Crippen molar-refractivity contribution < 1.29 is 13.2 Å². The molecule has 0 aliphatic heterocycles. The number of pyridine rings is 1. The minimum atomic E-state index is -3.18. The average Bonchev–Trinajstić information content (AvgIpc) is 3.07. The molecule has 0 amide bonds. The highest BCUT2D eigenvalue weighted by atomic mass is 32.2. The summed E-state index contributed by atoms with van der Waals surface area (Å²) in [5.74, 6) is 0.381. The molecule has 0 aliphatic carbocycles. The van der Waals surface area contributed by atoms with Crippen LogP contribution in [0, 0.1) is 6.92 Å². The summed E-state index contributed by atoms with van der Waals surface area (Å²) in [6, 6.07) is 13.7. The Morgan fingerprint density at radius 2 is 2.00 bits per heavy atom. The van der Waals surface area contributed by atoms with Crippen LogP contribution in [0.5, 0.6) is 0 Å². The van der Waals surface area contributed by atoms with Crippen molar-refractivity contribution >= 4 is 49.8 Å². The molecule has 0 radical (unpaired) electrons. The number of thioether (sulfide) groups is 1. The summed E-state index contributed by atoms with van der Waals surface area (Å²) in [7, 11) is -3.18. The Morgan fingerprint density at radius 1 is 1.22 bits per heavy atom. The van der Waals surface area contributed by atoms with E-state index in [1.165, 1.54) is 23.1 Å². The Bertz CT molecular complexity index is 1070. The van der Waals surface area contributed by atoms with Crippen LogP contribution in [0.3, 0.4) is 0 Å². The first-order valence-electron chi connectivity index (χ1n) is 8.37. The van der Waals surface area contributed by atoms with Gasteiger partial charge in [0.15, 0.2) is 5.78 Å². The number of aromatic nitrogens is 1. The number of ketones is 1. The van der Waals surface area contributed by atoms with Crippen LogP contribution < -0.4 is 4.72 Å². The quantitative estimate of drug-likeness (QED) is 0.444. The lowest BCUT2D eigenvalue weighted by molar-refractivity contribution is 0.102. The monoisotopic (exact) mass is 420 g/mol. The lowest BCUT2D eigenvalue weighted by Gasteiger charge is -2.05. The van der Waals surface area contributed by atoms with Crippen molar-refractivity contribution in [2.24, 2.45) is 0 Å². The Labute approximate surface area is 167 Å². The van der Waals surface area contributed by atoms with Crippen LogP contribution in [-0.4, -0.2) is 37.7 Å². The lowest BCUT2D eigenvalue weighted by atomic mass is 10.1. The first-order valence-corrected chi connectivity index (χ1v) is 12.1. The van der Waals surface area contributed by atoms with E-state index in [0.29, 0.717) is 23.6 Å². The van der Waals surface area contributed by atoms with E-state index in [4.69, 9.17) is 0 Å². The zero-order chi connectivity index (χ0) is 19.4. The summed E-state index contributed by atoms with van der Waals surface area (Å²) in [4.78, 5) is 18.8. The molecule has 0 bridgehead atoms. The summed E-state index contributed by atoms with van der Waals surface area (Å²) in [5.41, 5.74) is 2.08. The van der Waals surface area contributed by atoms with Gasteiger partial charge in [0, 0.05) is 16.8 Å². The minimum Gasteiger partial charge on any atom is -0.292 e. The number of para-hydroxylation sites is 1. The van der Waals surface area contributed by atoms with E-state index < -0.39 is 10.0 Å². The van der Waals surface area contributed by atoms with Gasteiger partial charge in [0.2, 0.25) is 10.0 Å². The zero-order valence-electron chi connectivity index (χ0n) is 15.1. The predicted octanol–water partition coefficient (Wildman–Crippen LogP) is 3.67. The number of hydrogen-bond donors (Lipinski definition) is 1. The van der Waals surface area contributed by atoms with Crippen LogP contribution in [0.15, 0.2) is 47.5 Å². The number of benzene rings is 1. The number of thiophene rings is 1. The van der Waals surface area contributed by atoms with E-state index in [-0.39, 0.29) is 5.78 Å². The third-order valence-corrected chi connectivity index (χ3v) is 6.75. The minimum absolute atomic E-state index is 0.0555. The predicted molar refractivity (Wildman–Crippen MR) is 112 cm³/mol. The van der Waals surface area contributed by atoms with Crippen LogP contribution in [0.25, 0.3) is 10.9 Å². The van der Waals surface area contributed by atoms with Gasteiger partial charge < -0.3 is 0 Å². The van der Waals surface area contributed by atoms with E-state index in [1.54, 1.807) is 0 Å². The molecule has 1 aromatic carbocycles. The number of carbonyl (C=O) groups is 1. The second-order valence-electron chi connectivity index (χ2n) is 6.19. The summed E-state index contributed by atoms with van der Waals surface area (Å²) < 4.78 is 24.6. The highest BCUT2D eigenvalue weighted by Gasteiger charge is 2.12. The molecule has 3 rings (SSSR count). The second kappa shape index (κ2) is 8.52. The van der Waals surface area contributed by atoms with E-state index in [9.17, 15) is 13.2 Å². The summed E-state index contributed by atoms with van der Waals surface area (Å²) in [6.07, 6.45) is 1.71. The van der Waals surface area contributed by atoms with Gasteiger partial charge in [-0.05, 0) is 43.2 Å². The first-order chi connectivity index (χ1) is 12.8. The molecule has 0 fully saturated rings. The molecule has 0 saturated heterocycles. The molecule has 2 aromatic heterocycles. The fraction of sp³-hybridized carbons (Fsp3) is 0.263. The Balaban J connectivity index is 1.60. The van der Waals surface area contributed by atoms with Crippen molar-refractivity contribution in [3.63, 3.8) is 0 Å². The molecule has 1 N–H and O–H groups in total. The van der Waals surface area contributed by atoms with Crippen molar-refractivity contribution in [3.8, 4) is 0 Å². The first kappa shape index (κ1) is 20.0. The molecule has 3 aromatic rings. The van der Waals surface area contributed by atoms with Crippen molar-refractivity contribution in [2.75, 3.05) is 18.6 Å². The van der Waals surface area contributed by atoms with Crippen molar-refractivity contribution in [2.45, 2.75) is 18.4 Å². The SMILES string of the molecule is Cc1cc(SCC(=O)c2ccc(CCNS(C)(=O)=O)s2)nc2ccccc12. The third kappa shape index (κ3) is 5.62. The van der Waals surface area contributed by atoms with Gasteiger partial charge in [-0.15, -0.1) is 11.3 Å².